The minimum absolute atomic E-state index is 0.114. The average molecular weight is 520 g/mol. The molecule has 0 N–H and O–H groups in total. The fraction of sp³-hybridized carbons (Fsp3) is 0.741. The van der Waals surface area contributed by atoms with Crippen LogP contribution in [0.5, 0.6) is 0 Å². The molecule has 8 nitrogen and oxygen atoms in total. The van der Waals surface area contributed by atoms with Crippen molar-refractivity contribution in [3.05, 3.63) is 35.4 Å². The van der Waals surface area contributed by atoms with Gasteiger partial charge in [-0.15, -0.1) is 0 Å². The van der Waals surface area contributed by atoms with Crippen molar-refractivity contribution in [1.82, 2.24) is 14.1 Å². The summed E-state index contributed by atoms with van der Waals surface area (Å²) >= 11 is 0. The molecule has 200 valence electrons. The lowest BCUT2D eigenvalue weighted by Gasteiger charge is -2.51. The summed E-state index contributed by atoms with van der Waals surface area (Å²) in [4.78, 5) is 17.3. The van der Waals surface area contributed by atoms with E-state index >= 15 is 0 Å². The molecule has 3 fully saturated rings. The first-order valence-electron chi connectivity index (χ1n) is 13.6. The molecule has 4 heterocycles. The van der Waals surface area contributed by atoms with E-state index in [1.54, 1.807) is 11.4 Å². The molecule has 2 unspecified atom stereocenters. The SMILES string of the molecule is CCCS(=O)(=O)N1Cc2ccccc2C2(CCN(C3CC4CCC(C3)N4C(=O)OCCOC)CC2)C1. The number of likely N-dealkylation sites (tertiary alicyclic amines) is 1. The number of rotatable bonds is 7. The highest BCUT2D eigenvalue weighted by atomic mass is 32.2. The molecule has 2 atom stereocenters. The van der Waals surface area contributed by atoms with Crippen molar-refractivity contribution in [1.29, 1.82) is 0 Å². The van der Waals surface area contributed by atoms with Gasteiger partial charge in [0.15, 0.2) is 0 Å². The largest absolute Gasteiger partial charge is 0.447 e. The molecule has 36 heavy (non-hydrogen) atoms. The van der Waals surface area contributed by atoms with Crippen LogP contribution in [0, 0.1) is 0 Å². The van der Waals surface area contributed by atoms with Gasteiger partial charge >= 0.3 is 6.09 Å². The third-order valence-electron chi connectivity index (χ3n) is 8.97. The summed E-state index contributed by atoms with van der Waals surface area (Å²) in [6.07, 6.45) is 6.48. The fourth-order valence-electron chi connectivity index (χ4n) is 7.20. The molecule has 9 heteroatoms. The first kappa shape index (κ1) is 25.9. The summed E-state index contributed by atoms with van der Waals surface area (Å²) in [6, 6.07) is 9.44. The van der Waals surface area contributed by atoms with Gasteiger partial charge in [0.25, 0.3) is 0 Å². The van der Waals surface area contributed by atoms with Crippen LogP contribution in [0.2, 0.25) is 0 Å². The third-order valence-corrected chi connectivity index (χ3v) is 10.9. The van der Waals surface area contributed by atoms with Gasteiger partial charge in [-0.3, -0.25) is 0 Å². The fourth-order valence-corrected chi connectivity index (χ4v) is 8.76. The molecule has 0 radical (unpaired) electrons. The second-order valence-corrected chi connectivity index (χ2v) is 13.2. The van der Waals surface area contributed by atoms with E-state index in [0.29, 0.717) is 38.8 Å². The number of nitrogens with zero attached hydrogens (tertiary/aromatic N) is 3. The number of sulfonamides is 1. The highest BCUT2D eigenvalue weighted by Gasteiger charge is 2.49. The maximum absolute atomic E-state index is 13.0. The first-order chi connectivity index (χ1) is 17.4. The van der Waals surface area contributed by atoms with Crippen LogP contribution in [0.3, 0.4) is 0 Å². The van der Waals surface area contributed by atoms with E-state index in [9.17, 15) is 13.2 Å². The van der Waals surface area contributed by atoms with Gasteiger partial charge in [-0.05, 0) is 69.2 Å². The number of carbonyl (C=O) groups is 1. The zero-order chi connectivity index (χ0) is 25.3. The van der Waals surface area contributed by atoms with E-state index in [1.165, 1.54) is 5.56 Å². The van der Waals surface area contributed by atoms with E-state index in [0.717, 1.165) is 57.2 Å². The number of carbonyl (C=O) groups excluding carboxylic acids is 1. The van der Waals surface area contributed by atoms with E-state index < -0.39 is 10.0 Å². The lowest BCUT2D eigenvalue weighted by atomic mass is 9.69. The number of hydrogen-bond acceptors (Lipinski definition) is 6. The van der Waals surface area contributed by atoms with Gasteiger partial charge in [-0.1, -0.05) is 31.2 Å². The number of benzene rings is 1. The predicted molar refractivity (Wildman–Crippen MR) is 138 cm³/mol. The maximum Gasteiger partial charge on any atom is 0.410 e. The van der Waals surface area contributed by atoms with Gasteiger partial charge < -0.3 is 19.3 Å². The summed E-state index contributed by atoms with van der Waals surface area (Å²) in [5.74, 6) is 0.215. The second-order valence-electron chi connectivity index (χ2n) is 11.1. The number of fused-ring (bicyclic) bond motifs is 4. The Balaban J connectivity index is 1.26. The van der Waals surface area contributed by atoms with Crippen LogP contribution < -0.4 is 0 Å². The Kier molecular flexibility index (Phi) is 7.64. The standard InChI is InChI=1S/C27H41N3O5S/c1-3-16-36(32,33)29-19-21-6-4-5-7-25(21)27(20-29)10-12-28(13-11-27)24-17-22-8-9-23(18-24)30(22)26(31)35-15-14-34-2/h4-7,22-24H,3,8-20H2,1-2H3. The number of amides is 1. The zero-order valence-corrected chi connectivity index (χ0v) is 22.5. The van der Waals surface area contributed by atoms with Gasteiger partial charge in [0.1, 0.15) is 6.61 Å². The molecular weight excluding hydrogens is 478 g/mol. The molecule has 1 aromatic rings. The number of hydrogen-bond donors (Lipinski definition) is 0. The van der Waals surface area contributed by atoms with Crippen molar-refractivity contribution in [2.24, 2.45) is 0 Å². The van der Waals surface area contributed by atoms with Crippen molar-refractivity contribution < 1.29 is 22.7 Å². The Morgan fingerprint density at radius 2 is 1.75 bits per heavy atom. The van der Waals surface area contributed by atoms with Crippen molar-refractivity contribution in [3.63, 3.8) is 0 Å². The minimum Gasteiger partial charge on any atom is -0.447 e. The molecule has 0 aromatic heterocycles. The highest BCUT2D eigenvalue weighted by Crippen LogP contribution is 2.45. The van der Waals surface area contributed by atoms with Crippen LogP contribution in [-0.4, -0.2) is 92.5 Å². The summed E-state index contributed by atoms with van der Waals surface area (Å²) in [5.41, 5.74) is 2.40. The van der Waals surface area contributed by atoms with E-state index in [-0.39, 0.29) is 29.3 Å². The van der Waals surface area contributed by atoms with Gasteiger partial charge in [-0.25, -0.2) is 13.2 Å². The van der Waals surface area contributed by atoms with Crippen molar-refractivity contribution in [3.8, 4) is 0 Å². The van der Waals surface area contributed by atoms with Crippen LogP contribution in [0.1, 0.15) is 63.0 Å². The van der Waals surface area contributed by atoms with Gasteiger partial charge in [0, 0.05) is 43.7 Å². The van der Waals surface area contributed by atoms with Gasteiger partial charge in [0.05, 0.1) is 12.4 Å². The Labute approximate surface area is 216 Å². The smallest absolute Gasteiger partial charge is 0.410 e. The van der Waals surface area contributed by atoms with Crippen LogP contribution >= 0.6 is 0 Å². The summed E-state index contributed by atoms with van der Waals surface area (Å²) in [7, 11) is -1.64. The quantitative estimate of drug-likeness (QED) is 0.514. The van der Waals surface area contributed by atoms with Crippen LogP contribution in [-0.2, 0) is 31.5 Å². The third kappa shape index (κ3) is 4.91. The van der Waals surface area contributed by atoms with Crippen molar-refractivity contribution in [2.75, 3.05) is 45.7 Å². The molecule has 2 bridgehead atoms. The van der Waals surface area contributed by atoms with Crippen molar-refractivity contribution in [2.45, 2.75) is 82.0 Å². The van der Waals surface area contributed by atoms with Crippen molar-refractivity contribution >= 4 is 16.1 Å². The lowest BCUT2D eigenvalue weighted by molar-refractivity contribution is 0.0163. The molecule has 5 rings (SSSR count). The Hall–Kier alpha value is -1.68. The molecule has 1 spiro atoms. The Morgan fingerprint density at radius 1 is 1.06 bits per heavy atom. The average Bonchev–Trinajstić information content (AvgIpc) is 3.14. The molecule has 0 aliphatic carbocycles. The van der Waals surface area contributed by atoms with Crippen LogP contribution in [0.25, 0.3) is 0 Å². The van der Waals surface area contributed by atoms with Crippen LogP contribution in [0.4, 0.5) is 4.79 Å². The topological polar surface area (TPSA) is 79.4 Å². The van der Waals surface area contributed by atoms with E-state index in [4.69, 9.17) is 9.47 Å². The maximum atomic E-state index is 13.0. The van der Waals surface area contributed by atoms with E-state index in [2.05, 4.69) is 23.1 Å². The zero-order valence-electron chi connectivity index (χ0n) is 21.7. The van der Waals surface area contributed by atoms with Gasteiger partial charge in [0.2, 0.25) is 10.0 Å². The highest BCUT2D eigenvalue weighted by molar-refractivity contribution is 7.89. The predicted octanol–water partition coefficient (Wildman–Crippen LogP) is 3.35. The molecular formula is C27H41N3O5S. The number of piperidine rings is 2. The number of methoxy groups -OCH3 is 1. The number of ether oxygens (including phenoxy) is 2. The molecule has 1 amide bonds. The lowest BCUT2D eigenvalue weighted by Crippen LogP contribution is -2.57. The summed E-state index contributed by atoms with van der Waals surface area (Å²) < 4.78 is 38.3. The molecule has 4 aliphatic heterocycles. The monoisotopic (exact) mass is 519 g/mol. The minimum atomic E-state index is -3.25. The first-order valence-corrected chi connectivity index (χ1v) is 15.2. The summed E-state index contributed by atoms with van der Waals surface area (Å²) in [6.45, 7) is 5.68. The summed E-state index contributed by atoms with van der Waals surface area (Å²) in [5, 5.41) is 0. The Morgan fingerprint density at radius 3 is 2.42 bits per heavy atom. The molecule has 3 saturated heterocycles. The Bertz CT molecular complexity index is 1030. The molecule has 4 aliphatic rings. The molecule has 0 saturated carbocycles. The second kappa shape index (κ2) is 10.6. The van der Waals surface area contributed by atoms with Gasteiger partial charge in [-0.2, -0.15) is 4.31 Å². The molecule has 1 aromatic carbocycles. The normalized spacial score (nSPS) is 28.3. The van der Waals surface area contributed by atoms with Crippen LogP contribution in [0.15, 0.2) is 24.3 Å². The van der Waals surface area contributed by atoms with E-state index in [1.807, 2.05) is 17.9 Å².